The van der Waals surface area contributed by atoms with Crippen molar-refractivity contribution in [2.75, 3.05) is 29.4 Å². The molecule has 2 aliphatic heterocycles. The Labute approximate surface area is 164 Å². The van der Waals surface area contributed by atoms with Gasteiger partial charge >= 0.3 is 12.1 Å². The molecule has 8 nitrogen and oxygen atoms in total. The Hall–Kier alpha value is -3.11. The molecule has 156 valence electrons. The van der Waals surface area contributed by atoms with E-state index in [0.717, 1.165) is 31.1 Å². The molecule has 0 radical (unpaired) electrons. The van der Waals surface area contributed by atoms with E-state index in [9.17, 15) is 18.0 Å². The second kappa shape index (κ2) is 7.72. The lowest BCUT2D eigenvalue weighted by molar-refractivity contribution is -0.192. The molecule has 0 spiro atoms. The fraction of sp³-hybridized carbons (Fsp3) is 0.444. The molecule has 2 saturated heterocycles. The van der Waals surface area contributed by atoms with Gasteiger partial charge in [-0.25, -0.2) is 9.78 Å². The highest BCUT2D eigenvalue weighted by Gasteiger charge is 2.47. The number of carbonyl (C=O) groups is 2. The minimum absolute atomic E-state index is 0.0709. The van der Waals surface area contributed by atoms with Crippen LogP contribution in [-0.4, -0.2) is 57.6 Å². The van der Waals surface area contributed by atoms with Crippen molar-refractivity contribution in [3.63, 3.8) is 0 Å². The van der Waals surface area contributed by atoms with Crippen molar-refractivity contribution in [2.24, 2.45) is 18.9 Å². The number of halogens is 3. The minimum Gasteiger partial charge on any atom is -0.475 e. The van der Waals surface area contributed by atoms with Gasteiger partial charge < -0.3 is 14.9 Å². The molecule has 29 heavy (non-hydrogen) atoms. The van der Waals surface area contributed by atoms with Crippen LogP contribution in [0.4, 0.5) is 24.7 Å². The first-order chi connectivity index (χ1) is 13.6. The summed E-state index contributed by atoms with van der Waals surface area (Å²) in [6.07, 6.45) is 0.402. The van der Waals surface area contributed by atoms with Crippen molar-refractivity contribution >= 4 is 23.4 Å². The SMILES string of the molecule is Cc1cccnc1N1C[C@H]2CN(c3cnn(C)c3)C(=O)[C@H]2C1.O=C(O)C(F)(F)F. The molecule has 1 N–H and O–H groups in total. The second-order valence-electron chi connectivity index (χ2n) is 7.04. The monoisotopic (exact) mass is 411 g/mol. The number of hydrogen-bond acceptors (Lipinski definition) is 5. The maximum Gasteiger partial charge on any atom is 0.490 e. The zero-order valence-corrected chi connectivity index (χ0v) is 15.8. The minimum atomic E-state index is -5.08. The molecular weight excluding hydrogens is 391 g/mol. The van der Waals surface area contributed by atoms with Crippen LogP contribution in [0, 0.1) is 18.8 Å². The second-order valence-corrected chi connectivity index (χ2v) is 7.04. The van der Waals surface area contributed by atoms with E-state index in [4.69, 9.17) is 9.90 Å². The number of carboxylic acids is 1. The average Bonchev–Trinajstić information content (AvgIpc) is 3.31. The summed E-state index contributed by atoms with van der Waals surface area (Å²) in [6, 6.07) is 4.02. The first-order valence-electron chi connectivity index (χ1n) is 8.84. The number of rotatable bonds is 2. The molecule has 4 rings (SSSR count). The lowest BCUT2D eigenvalue weighted by Gasteiger charge is -2.22. The normalized spacial score (nSPS) is 21.1. The Bertz CT molecular complexity index is 914. The van der Waals surface area contributed by atoms with Crippen LogP contribution in [0.1, 0.15) is 5.56 Å². The maximum absolute atomic E-state index is 12.7. The predicted molar refractivity (Wildman–Crippen MR) is 97.4 cm³/mol. The van der Waals surface area contributed by atoms with E-state index in [1.165, 1.54) is 5.56 Å². The molecule has 2 aromatic rings. The number of nitrogens with zero attached hydrogens (tertiary/aromatic N) is 5. The number of aromatic nitrogens is 3. The highest BCUT2D eigenvalue weighted by atomic mass is 19.4. The van der Waals surface area contributed by atoms with Gasteiger partial charge in [-0.15, -0.1) is 0 Å². The van der Waals surface area contributed by atoms with Crippen LogP contribution < -0.4 is 9.80 Å². The zero-order valence-electron chi connectivity index (χ0n) is 15.8. The first kappa shape index (κ1) is 20.6. The summed E-state index contributed by atoms with van der Waals surface area (Å²) in [5.74, 6) is -1.09. The van der Waals surface area contributed by atoms with E-state index in [0.29, 0.717) is 5.92 Å². The third kappa shape index (κ3) is 4.33. The van der Waals surface area contributed by atoms with Gasteiger partial charge in [0.15, 0.2) is 0 Å². The van der Waals surface area contributed by atoms with Gasteiger partial charge in [0.2, 0.25) is 5.91 Å². The lowest BCUT2D eigenvalue weighted by Crippen LogP contribution is -2.33. The van der Waals surface area contributed by atoms with E-state index in [2.05, 4.69) is 28.0 Å². The van der Waals surface area contributed by atoms with E-state index >= 15 is 0 Å². The van der Waals surface area contributed by atoms with Crippen LogP contribution in [0.15, 0.2) is 30.7 Å². The number of alkyl halides is 3. The molecule has 0 aromatic carbocycles. The molecule has 1 amide bonds. The van der Waals surface area contributed by atoms with Gasteiger partial charge in [0.25, 0.3) is 0 Å². The highest BCUT2D eigenvalue weighted by molar-refractivity contribution is 5.98. The van der Waals surface area contributed by atoms with Crippen LogP contribution in [-0.2, 0) is 16.6 Å². The number of carboxylic acid groups (broad SMARTS) is 1. The molecule has 0 aliphatic carbocycles. The molecule has 2 atom stereocenters. The molecule has 2 aromatic heterocycles. The summed E-state index contributed by atoms with van der Waals surface area (Å²) in [5, 5.41) is 11.3. The van der Waals surface area contributed by atoms with Crippen LogP contribution >= 0.6 is 0 Å². The molecule has 4 heterocycles. The molecular formula is C18H20F3N5O3. The van der Waals surface area contributed by atoms with Gasteiger partial charge in [-0.05, 0) is 18.6 Å². The quantitative estimate of drug-likeness (QED) is 0.811. The van der Waals surface area contributed by atoms with Gasteiger partial charge in [0.1, 0.15) is 5.82 Å². The highest BCUT2D eigenvalue weighted by Crippen LogP contribution is 2.37. The summed E-state index contributed by atoms with van der Waals surface area (Å²) in [6.45, 7) is 4.50. The molecule has 0 unspecified atom stereocenters. The number of amides is 1. The van der Waals surface area contributed by atoms with E-state index in [1.807, 2.05) is 30.4 Å². The number of aliphatic carboxylic acids is 1. The van der Waals surface area contributed by atoms with Crippen molar-refractivity contribution in [3.8, 4) is 0 Å². The standard InChI is InChI=1S/C16H19N5O.C2HF3O2/c1-11-4-3-5-17-15(11)20-7-12-8-21(16(22)14(12)10-20)13-6-18-19(2)9-13;3-2(4,5)1(6)7/h3-6,9,12,14H,7-8,10H2,1-2H3;(H,6,7)/t12-,14-;/m0./s1. The number of aryl methyl sites for hydroxylation is 2. The summed E-state index contributed by atoms with van der Waals surface area (Å²) in [5.41, 5.74) is 2.07. The number of fused-ring (bicyclic) bond motifs is 1. The largest absolute Gasteiger partial charge is 0.490 e. The maximum atomic E-state index is 12.7. The number of hydrogen-bond donors (Lipinski definition) is 1. The summed E-state index contributed by atoms with van der Waals surface area (Å²) in [4.78, 5) is 30.2. The average molecular weight is 411 g/mol. The predicted octanol–water partition coefficient (Wildman–Crippen LogP) is 1.86. The molecule has 0 bridgehead atoms. The number of carbonyl (C=O) groups excluding carboxylic acids is 1. The van der Waals surface area contributed by atoms with Crippen molar-refractivity contribution in [3.05, 3.63) is 36.3 Å². The Balaban J connectivity index is 0.000000298. The first-order valence-corrected chi connectivity index (χ1v) is 8.84. The number of pyridine rings is 1. The Morgan fingerprint density at radius 1 is 1.28 bits per heavy atom. The van der Waals surface area contributed by atoms with Gasteiger partial charge in [0.05, 0.1) is 17.8 Å². The van der Waals surface area contributed by atoms with Crippen molar-refractivity contribution < 1.29 is 27.9 Å². The Morgan fingerprint density at radius 2 is 1.97 bits per heavy atom. The van der Waals surface area contributed by atoms with Crippen molar-refractivity contribution in [2.45, 2.75) is 13.1 Å². The van der Waals surface area contributed by atoms with Gasteiger partial charge in [-0.1, -0.05) is 6.07 Å². The number of anilines is 2. The van der Waals surface area contributed by atoms with Crippen LogP contribution in [0.25, 0.3) is 0 Å². The Kier molecular flexibility index (Phi) is 5.49. The van der Waals surface area contributed by atoms with E-state index in [-0.39, 0.29) is 11.8 Å². The third-order valence-corrected chi connectivity index (χ3v) is 4.97. The lowest BCUT2D eigenvalue weighted by atomic mass is 10.0. The summed E-state index contributed by atoms with van der Waals surface area (Å²) < 4.78 is 33.5. The molecule has 0 saturated carbocycles. The topological polar surface area (TPSA) is 91.6 Å². The molecule has 2 aliphatic rings. The smallest absolute Gasteiger partial charge is 0.475 e. The zero-order chi connectivity index (χ0) is 21.3. The van der Waals surface area contributed by atoms with Gasteiger partial charge in [-0.2, -0.15) is 18.3 Å². The van der Waals surface area contributed by atoms with Crippen molar-refractivity contribution in [1.29, 1.82) is 0 Å². The van der Waals surface area contributed by atoms with Crippen LogP contribution in [0.3, 0.4) is 0 Å². The molecule has 2 fully saturated rings. The fourth-order valence-electron chi connectivity index (χ4n) is 3.62. The van der Waals surface area contributed by atoms with Crippen LogP contribution in [0.2, 0.25) is 0 Å². The van der Waals surface area contributed by atoms with Gasteiger partial charge in [-0.3, -0.25) is 9.48 Å². The van der Waals surface area contributed by atoms with Crippen molar-refractivity contribution in [1.82, 2.24) is 14.8 Å². The van der Waals surface area contributed by atoms with E-state index in [1.54, 1.807) is 10.9 Å². The Morgan fingerprint density at radius 3 is 2.48 bits per heavy atom. The third-order valence-electron chi connectivity index (χ3n) is 4.97. The summed E-state index contributed by atoms with van der Waals surface area (Å²) >= 11 is 0. The fourth-order valence-corrected chi connectivity index (χ4v) is 3.62. The van der Waals surface area contributed by atoms with Gasteiger partial charge in [0, 0.05) is 45.0 Å². The molecule has 11 heteroatoms. The van der Waals surface area contributed by atoms with E-state index < -0.39 is 12.1 Å². The summed E-state index contributed by atoms with van der Waals surface area (Å²) in [7, 11) is 1.87. The van der Waals surface area contributed by atoms with Crippen LogP contribution in [0.5, 0.6) is 0 Å².